The molecule has 24 heavy (non-hydrogen) atoms. The minimum Gasteiger partial charge on any atom is -0.424 e. The van der Waals surface area contributed by atoms with Crippen LogP contribution in [0.1, 0.15) is 29.4 Å². The van der Waals surface area contributed by atoms with E-state index >= 15 is 0 Å². The number of fused-ring (bicyclic) bond motifs is 2. The van der Waals surface area contributed by atoms with Crippen molar-refractivity contribution in [2.24, 2.45) is 0 Å². The first kappa shape index (κ1) is 14.8. The molecule has 0 spiro atoms. The van der Waals surface area contributed by atoms with Gasteiger partial charge in [0.1, 0.15) is 11.2 Å². The number of rotatable bonds is 4. The Kier molecular flexibility index (Phi) is 3.49. The average molecular weight is 320 g/mol. The number of hydrogen-bond acceptors (Lipinski definition) is 4. The van der Waals surface area contributed by atoms with E-state index in [0.29, 0.717) is 6.01 Å². The highest BCUT2D eigenvalue weighted by Crippen LogP contribution is 2.23. The van der Waals surface area contributed by atoms with Crippen molar-refractivity contribution in [2.75, 3.05) is 11.9 Å². The summed E-state index contributed by atoms with van der Waals surface area (Å²) in [5.41, 5.74) is 7.38. The smallest absolute Gasteiger partial charge is 0.295 e. The van der Waals surface area contributed by atoms with E-state index in [1.807, 2.05) is 13.0 Å². The van der Waals surface area contributed by atoms with Crippen LogP contribution in [0, 0.1) is 13.8 Å². The van der Waals surface area contributed by atoms with Gasteiger partial charge in [0.2, 0.25) is 0 Å². The summed E-state index contributed by atoms with van der Waals surface area (Å²) in [6, 6.07) is 11.0. The molecule has 5 nitrogen and oxygen atoms in total. The van der Waals surface area contributed by atoms with Crippen LogP contribution in [0.3, 0.4) is 0 Å². The number of oxazole rings is 1. The van der Waals surface area contributed by atoms with Crippen LogP contribution >= 0.6 is 0 Å². The summed E-state index contributed by atoms with van der Waals surface area (Å²) in [5, 5.41) is 3.11. The second-order valence-electron chi connectivity index (χ2n) is 6.10. The summed E-state index contributed by atoms with van der Waals surface area (Å²) in [6.07, 6.45) is 2.91. The van der Waals surface area contributed by atoms with Crippen molar-refractivity contribution in [3.05, 3.63) is 59.0 Å². The highest BCUT2D eigenvalue weighted by Gasteiger charge is 2.11. The fraction of sp³-hybridized carbons (Fsp3) is 0.263. The van der Waals surface area contributed by atoms with Gasteiger partial charge in [0.15, 0.2) is 5.58 Å². The molecule has 0 aliphatic carbocycles. The molecule has 5 heteroatoms. The molecule has 0 saturated carbocycles. The monoisotopic (exact) mass is 320 g/mol. The topological polar surface area (TPSA) is 55.4 Å². The number of nitrogens with one attached hydrogen (secondary N) is 1. The number of benzene rings is 1. The highest BCUT2D eigenvalue weighted by molar-refractivity contribution is 5.75. The van der Waals surface area contributed by atoms with Gasteiger partial charge in [0.25, 0.3) is 6.01 Å². The van der Waals surface area contributed by atoms with Crippen LogP contribution in [0.5, 0.6) is 0 Å². The van der Waals surface area contributed by atoms with Gasteiger partial charge in [-0.3, -0.25) is 0 Å². The molecule has 0 aliphatic rings. The third kappa shape index (κ3) is 2.52. The number of hydrogen-bond donors (Lipinski definition) is 1. The second-order valence-corrected chi connectivity index (χ2v) is 6.10. The SMILES string of the molecule is CCNc1nc2cc(Cc3c(C)nc4cc(C)ccn34)ccc2o1. The van der Waals surface area contributed by atoms with Crippen molar-refractivity contribution in [2.45, 2.75) is 27.2 Å². The number of anilines is 1. The normalized spacial score (nSPS) is 11.5. The predicted octanol–water partition coefficient (Wildman–Crippen LogP) is 4.11. The molecule has 0 unspecified atom stereocenters. The Hall–Kier alpha value is -2.82. The van der Waals surface area contributed by atoms with E-state index in [9.17, 15) is 0 Å². The van der Waals surface area contributed by atoms with Gasteiger partial charge in [-0.05, 0) is 56.2 Å². The van der Waals surface area contributed by atoms with Crippen LogP contribution in [0.25, 0.3) is 16.7 Å². The van der Waals surface area contributed by atoms with Crippen LogP contribution < -0.4 is 5.32 Å². The van der Waals surface area contributed by atoms with Crippen LogP contribution in [0.2, 0.25) is 0 Å². The molecule has 0 bridgehead atoms. The van der Waals surface area contributed by atoms with Crippen molar-refractivity contribution in [1.82, 2.24) is 14.4 Å². The van der Waals surface area contributed by atoms with Crippen molar-refractivity contribution in [3.63, 3.8) is 0 Å². The Balaban J connectivity index is 1.72. The lowest BCUT2D eigenvalue weighted by molar-refractivity contribution is 0.616. The molecule has 0 aliphatic heterocycles. The minimum atomic E-state index is 0.575. The van der Waals surface area contributed by atoms with Gasteiger partial charge in [0, 0.05) is 24.9 Å². The number of pyridine rings is 1. The van der Waals surface area contributed by atoms with Crippen molar-refractivity contribution < 1.29 is 4.42 Å². The van der Waals surface area contributed by atoms with Crippen LogP contribution in [-0.4, -0.2) is 20.9 Å². The zero-order valence-electron chi connectivity index (χ0n) is 14.1. The van der Waals surface area contributed by atoms with Crippen molar-refractivity contribution in [1.29, 1.82) is 0 Å². The Morgan fingerprint density at radius 1 is 1.12 bits per heavy atom. The summed E-state index contributed by atoms with van der Waals surface area (Å²) in [6.45, 7) is 6.97. The van der Waals surface area contributed by atoms with E-state index in [1.54, 1.807) is 0 Å². The van der Waals surface area contributed by atoms with E-state index in [-0.39, 0.29) is 0 Å². The molecule has 4 rings (SSSR count). The number of aryl methyl sites for hydroxylation is 2. The van der Waals surface area contributed by atoms with Gasteiger partial charge in [-0.2, -0.15) is 4.98 Å². The first-order valence-electron chi connectivity index (χ1n) is 8.21. The zero-order chi connectivity index (χ0) is 16.7. The van der Waals surface area contributed by atoms with E-state index in [1.165, 1.54) is 16.8 Å². The summed E-state index contributed by atoms with van der Waals surface area (Å²) in [4.78, 5) is 9.17. The second kappa shape index (κ2) is 5.67. The average Bonchev–Trinajstić information content (AvgIpc) is 3.08. The molecule has 3 aromatic heterocycles. The number of aromatic nitrogens is 3. The summed E-state index contributed by atoms with van der Waals surface area (Å²) < 4.78 is 7.83. The van der Waals surface area contributed by atoms with Crippen molar-refractivity contribution in [3.8, 4) is 0 Å². The first-order chi connectivity index (χ1) is 11.6. The minimum absolute atomic E-state index is 0.575. The van der Waals surface area contributed by atoms with Gasteiger partial charge in [-0.15, -0.1) is 0 Å². The maximum Gasteiger partial charge on any atom is 0.295 e. The summed E-state index contributed by atoms with van der Waals surface area (Å²) in [7, 11) is 0. The van der Waals surface area contributed by atoms with Crippen LogP contribution in [-0.2, 0) is 6.42 Å². The van der Waals surface area contributed by atoms with Crippen LogP contribution in [0.4, 0.5) is 6.01 Å². The largest absolute Gasteiger partial charge is 0.424 e. The van der Waals surface area contributed by atoms with Gasteiger partial charge in [-0.1, -0.05) is 6.07 Å². The van der Waals surface area contributed by atoms with Gasteiger partial charge in [0.05, 0.1) is 5.69 Å². The molecule has 0 atom stereocenters. The molecule has 1 aromatic carbocycles. The molecule has 122 valence electrons. The van der Waals surface area contributed by atoms with Gasteiger partial charge >= 0.3 is 0 Å². The molecule has 1 N–H and O–H groups in total. The van der Waals surface area contributed by atoms with Gasteiger partial charge < -0.3 is 14.1 Å². The highest BCUT2D eigenvalue weighted by atomic mass is 16.4. The lowest BCUT2D eigenvalue weighted by Crippen LogP contribution is -1.97. The third-order valence-corrected chi connectivity index (χ3v) is 4.23. The molecule has 4 aromatic rings. The van der Waals surface area contributed by atoms with E-state index in [4.69, 9.17) is 4.42 Å². The fourth-order valence-electron chi connectivity index (χ4n) is 3.03. The van der Waals surface area contributed by atoms with Crippen LogP contribution in [0.15, 0.2) is 40.9 Å². The lowest BCUT2D eigenvalue weighted by Gasteiger charge is -2.04. The molecular formula is C19H20N4O. The third-order valence-electron chi connectivity index (χ3n) is 4.23. The van der Waals surface area contributed by atoms with Gasteiger partial charge in [-0.25, -0.2) is 4.98 Å². The number of nitrogens with zero attached hydrogens (tertiary/aromatic N) is 3. The van der Waals surface area contributed by atoms with E-state index in [2.05, 4.69) is 64.0 Å². The summed E-state index contributed by atoms with van der Waals surface area (Å²) >= 11 is 0. The maximum atomic E-state index is 5.67. The Labute approximate surface area is 140 Å². The lowest BCUT2D eigenvalue weighted by atomic mass is 10.1. The summed E-state index contributed by atoms with van der Waals surface area (Å²) in [5.74, 6) is 0. The predicted molar refractivity (Wildman–Crippen MR) is 95.6 cm³/mol. The fourth-order valence-corrected chi connectivity index (χ4v) is 3.03. The standard InChI is InChI=1S/C19H20N4O/c1-4-20-19-22-15-10-14(5-6-17(15)24-19)11-16-13(3)21-18-9-12(2)7-8-23(16)18/h5-10H,4,11H2,1-3H3,(H,20,22). The first-order valence-corrected chi connectivity index (χ1v) is 8.21. The number of imidazole rings is 1. The Morgan fingerprint density at radius 3 is 2.83 bits per heavy atom. The molecular weight excluding hydrogens is 300 g/mol. The quantitative estimate of drug-likeness (QED) is 0.614. The molecule has 0 amide bonds. The van der Waals surface area contributed by atoms with Crippen molar-refractivity contribution >= 4 is 22.8 Å². The van der Waals surface area contributed by atoms with E-state index < -0.39 is 0 Å². The molecule has 0 radical (unpaired) electrons. The molecule has 0 fully saturated rings. The Morgan fingerprint density at radius 2 is 2.00 bits per heavy atom. The zero-order valence-corrected chi connectivity index (χ0v) is 14.1. The molecule has 0 saturated heterocycles. The Bertz CT molecular complexity index is 1030. The maximum absolute atomic E-state index is 5.67. The van der Waals surface area contributed by atoms with E-state index in [0.717, 1.165) is 35.4 Å². The molecule has 3 heterocycles.